The monoisotopic (exact) mass is 262 g/mol. The first-order valence-corrected chi connectivity index (χ1v) is 4.78. The lowest BCUT2D eigenvalue weighted by Crippen LogP contribution is -2.05. The highest BCUT2D eigenvalue weighted by Gasteiger charge is 2.15. The van der Waals surface area contributed by atoms with E-state index in [1.807, 2.05) is 6.92 Å². The van der Waals surface area contributed by atoms with E-state index in [-0.39, 0.29) is 5.97 Å². The minimum atomic E-state index is -0.383. The third-order valence-electron chi connectivity index (χ3n) is 1.69. The van der Waals surface area contributed by atoms with E-state index in [1.165, 1.54) is 7.11 Å². The van der Waals surface area contributed by atoms with E-state index in [9.17, 15) is 4.79 Å². The fraction of sp³-hybridized carbons (Fsp3) is 0.222. The first-order chi connectivity index (χ1) is 6.07. The van der Waals surface area contributed by atoms with E-state index in [2.05, 4.69) is 20.7 Å². The minimum Gasteiger partial charge on any atom is -0.465 e. The maximum Gasteiger partial charge on any atom is 0.339 e. The summed E-state index contributed by atoms with van der Waals surface area (Å²) in [6.45, 7) is 1.83. The molecular weight excluding hydrogens is 255 g/mol. The summed E-state index contributed by atoms with van der Waals surface area (Å²) in [5.74, 6) is -0.383. The van der Waals surface area contributed by atoms with Gasteiger partial charge in [-0.25, -0.2) is 4.79 Å². The van der Waals surface area contributed by atoms with Crippen LogP contribution in [0.5, 0.6) is 0 Å². The normalized spacial score (nSPS) is 9.85. The molecule has 1 aromatic carbocycles. The van der Waals surface area contributed by atoms with Gasteiger partial charge in [0.15, 0.2) is 0 Å². The van der Waals surface area contributed by atoms with E-state index >= 15 is 0 Å². The SMILES string of the molecule is COC(=O)c1c(C)ccc(Cl)c1Br. The zero-order valence-corrected chi connectivity index (χ0v) is 9.57. The average molecular weight is 264 g/mol. The number of hydrogen-bond donors (Lipinski definition) is 0. The Bertz CT molecular complexity index is 350. The summed E-state index contributed by atoms with van der Waals surface area (Å²) in [6, 6.07) is 3.51. The van der Waals surface area contributed by atoms with Crippen molar-refractivity contribution in [2.24, 2.45) is 0 Å². The second-order valence-corrected chi connectivity index (χ2v) is 3.75. The molecule has 0 N–H and O–H groups in total. The molecule has 0 saturated heterocycles. The Hall–Kier alpha value is -0.540. The fourth-order valence-electron chi connectivity index (χ4n) is 1.000. The third-order valence-corrected chi connectivity index (χ3v) is 3.06. The molecule has 13 heavy (non-hydrogen) atoms. The number of methoxy groups -OCH3 is 1. The van der Waals surface area contributed by atoms with Gasteiger partial charge in [-0.2, -0.15) is 0 Å². The van der Waals surface area contributed by atoms with E-state index in [1.54, 1.807) is 12.1 Å². The number of hydrogen-bond acceptors (Lipinski definition) is 2. The average Bonchev–Trinajstić information content (AvgIpc) is 2.12. The van der Waals surface area contributed by atoms with Gasteiger partial charge < -0.3 is 4.74 Å². The predicted molar refractivity (Wildman–Crippen MR) is 55.2 cm³/mol. The number of rotatable bonds is 1. The number of halogens is 2. The van der Waals surface area contributed by atoms with E-state index in [4.69, 9.17) is 11.6 Å². The number of carbonyl (C=O) groups is 1. The van der Waals surface area contributed by atoms with Crippen molar-refractivity contribution in [1.29, 1.82) is 0 Å². The molecular formula is C9H8BrClO2. The van der Waals surface area contributed by atoms with Crippen molar-refractivity contribution in [2.45, 2.75) is 6.92 Å². The van der Waals surface area contributed by atoms with Crippen LogP contribution in [0.4, 0.5) is 0 Å². The van der Waals surface area contributed by atoms with Crippen molar-refractivity contribution < 1.29 is 9.53 Å². The molecule has 0 radical (unpaired) electrons. The van der Waals surface area contributed by atoms with Crippen LogP contribution < -0.4 is 0 Å². The Labute approximate surface area is 90.0 Å². The quantitative estimate of drug-likeness (QED) is 0.727. The molecule has 2 nitrogen and oxygen atoms in total. The summed E-state index contributed by atoms with van der Waals surface area (Å²) in [4.78, 5) is 11.3. The second-order valence-electron chi connectivity index (χ2n) is 2.54. The Morgan fingerprint density at radius 3 is 2.69 bits per heavy atom. The van der Waals surface area contributed by atoms with Crippen molar-refractivity contribution in [3.05, 3.63) is 32.8 Å². The molecule has 0 heterocycles. The lowest BCUT2D eigenvalue weighted by Gasteiger charge is -2.07. The number of aryl methyl sites for hydroxylation is 1. The Morgan fingerprint density at radius 1 is 1.54 bits per heavy atom. The molecule has 0 amide bonds. The topological polar surface area (TPSA) is 26.3 Å². The zero-order valence-electron chi connectivity index (χ0n) is 7.23. The molecule has 0 fully saturated rings. The highest BCUT2D eigenvalue weighted by Crippen LogP contribution is 2.29. The minimum absolute atomic E-state index is 0.383. The summed E-state index contributed by atoms with van der Waals surface area (Å²) in [6.07, 6.45) is 0. The van der Waals surface area contributed by atoms with E-state index < -0.39 is 0 Å². The Balaban J connectivity index is 3.33. The lowest BCUT2D eigenvalue weighted by molar-refractivity contribution is 0.0599. The van der Waals surface area contributed by atoms with Gasteiger partial charge in [0.1, 0.15) is 0 Å². The van der Waals surface area contributed by atoms with Gasteiger partial charge in [-0.05, 0) is 34.5 Å². The first kappa shape index (κ1) is 10.5. The van der Waals surface area contributed by atoms with Gasteiger partial charge in [-0.3, -0.25) is 0 Å². The van der Waals surface area contributed by atoms with E-state index in [0.717, 1.165) is 5.56 Å². The van der Waals surface area contributed by atoms with Gasteiger partial charge in [0, 0.05) is 0 Å². The molecule has 0 aliphatic rings. The third kappa shape index (κ3) is 2.03. The number of esters is 1. The maximum atomic E-state index is 11.3. The molecule has 0 unspecified atom stereocenters. The van der Waals surface area contributed by atoms with Gasteiger partial charge in [-0.15, -0.1) is 0 Å². The lowest BCUT2D eigenvalue weighted by atomic mass is 10.1. The largest absolute Gasteiger partial charge is 0.465 e. The fourth-order valence-corrected chi connectivity index (χ4v) is 1.76. The molecule has 1 rings (SSSR count). The van der Waals surface area contributed by atoms with Gasteiger partial charge in [-0.1, -0.05) is 17.7 Å². The molecule has 0 bridgehead atoms. The van der Waals surface area contributed by atoms with Crippen molar-refractivity contribution in [1.82, 2.24) is 0 Å². The Kier molecular flexibility index (Phi) is 3.33. The van der Waals surface area contributed by atoms with Crippen LogP contribution in [-0.2, 0) is 4.74 Å². The highest BCUT2D eigenvalue weighted by atomic mass is 79.9. The summed E-state index contributed by atoms with van der Waals surface area (Å²) in [5, 5.41) is 0.506. The van der Waals surface area contributed by atoms with Gasteiger partial charge >= 0.3 is 5.97 Å². The molecule has 1 aromatic rings. The van der Waals surface area contributed by atoms with Gasteiger partial charge in [0.2, 0.25) is 0 Å². The standard InChI is InChI=1S/C9H8BrClO2/c1-5-3-4-6(11)8(10)7(5)9(12)13-2/h3-4H,1-2H3. The van der Waals surface area contributed by atoms with Crippen LogP contribution in [0.25, 0.3) is 0 Å². The molecule has 0 saturated carbocycles. The van der Waals surface area contributed by atoms with Crippen LogP contribution in [-0.4, -0.2) is 13.1 Å². The van der Waals surface area contributed by atoms with Crippen LogP contribution in [0, 0.1) is 6.92 Å². The maximum absolute atomic E-state index is 11.3. The van der Waals surface area contributed by atoms with Crippen LogP contribution in [0.2, 0.25) is 5.02 Å². The van der Waals surface area contributed by atoms with Crippen molar-refractivity contribution in [3.63, 3.8) is 0 Å². The van der Waals surface area contributed by atoms with Crippen molar-refractivity contribution in [2.75, 3.05) is 7.11 Å². The molecule has 70 valence electrons. The summed E-state index contributed by atoms with van der Waals surface area (Å²) in [7, 11) is 1.34. The Morgan fingerprint density at radius 2 is 2.15 bits per heavy atom. The highest BCUT2D eigenvalue weighted by molar-refractivity contribution is 9.10. The smallest absolute Gasteiger partial charge is 0.339 e. The van der Waals surface area contributed by atoms with Gasteiger partial charge in [0.25, 0.3) is 0 Å². The predicted octanol–water partition coefficient (Wildman–Crippen LogP) is 3.20. The number of carbonyl (C=O) groups excluding carboxylic acids is 1. The number of ether oxygens (including phenoxy) is 1. The van der Waals surface area contributed by atoms with E-state index in [0.29, 0.717) is 15.1 Å². The van der Waals surface area contributed by atoms with Crippen LogP contribution in [0.3, 0.4) is 0 Å². The molecule has 0 aliphatic heterocycles. The molecule has 0 aliphatic carbocycles. The van der Waals surface area contributed by atoms with Crippen molar-refractivity contribution >= 4 is 33.5 Å². The molecule has 0 spiro atoms. The van der Waals surface area contributed by atoms with Crippen LogP contribution >= 0.6 is 27.5 Å². The molecule has 0 aromatic heterocycles. The summed E-state index contributed by atoms with van der Waals surface area (Å²) < 4.78 is 5.21. The zero-order chi connectivity index (χ0) is 10.0. The summed E-state index contributed by atoms with van der Waals surface area (Å²) >= 11 is 9.07. The molecule has 0 atom stereocenters. The van der Waals surface area contributed by atoms with Crippen molar-refractivity contribution in [3.8, 4) is 0 Å². The summed E-state index contributed by atoms with van der Waals surface area (Å²) in [5.41, 5.74) is 1.32. The molecule has 4 heteroatoms. The first-order valence-electron chi connectivity index (χ1n) is 3.61. The van der Waals surface area contributed by atoms with Crippen LogP contribution in [0.1, 0.15) is 15.9 Å². The van der Waals surface area contributed by atoms with Gasteiger partial charge in [0.05, 0.1) is 22.2 Å². The second kappa shape index (κ2) is 4.11. The number of benzene rings is 1. The van der Waals surface area contributed by atoms with Crippen LogP contribution in [0.15, 0.2) is 16.6 Å².